The quantitative estimate of drug-likeness (QED) is 0.759. The average Bonchev–Trinajstić information content (AvgIpc) is 2.17. The molecular weight excluding hydrogens is 174 g/mol. The predicted molar refractivity (Wildman–Crippen MR) is 59.8 cm³/mol. The van der Waals surface area contributed by atoms with Crippen LogP contribution in [-0.2, 0) is 4.79 Å². The lowest BCUT2D eigenvalue weighted by Gasteiger charge is -2.04. The number of benzene rings is 1. The molecule has 0 aliphatic carbocycles. The lowest BCUT2D eigenvalue weighted by atomic mass is 10.1. The first kappa shape index (κ1) is 10.5. The van der Waals surface area contributed by atoms with Crippen molar-refractivity contribution in [2.24, 2.45) is 0 Å². The summed E-state index contributed by atoms with van der Waals surface area (Å²) in [7, 11) is 0. The molecule has 1 rings (SSSR count). The topological polar surface area (TPSA) is 29.1 Å². The summed E-state index contributed by atoms with van der Waals surface area (Å²) in [6.45, 7) is 7.20. The van der Waals surface area contributed by atoms with Crippen molar-refractivity contribution in [2.75, 3.05) is 5.32 Å². The fraction of sp³-hybridized carbons (Fsp3) is 0.167. The Labute approximate surface area is 84.6 Å². The smallest absolute Gasteiger partial charge is 0.221 e. The Balaban J connectivity index is 2.83. The number of nitrogens with one attached hydrogen (secondary N) is 1. The maximum absolute atomic E-state index is 10.8. The standard InChI is InChI=1S/C12H14NO/c1-4-9(2)11-5-7-12(8-6-11)13-10(3)14/h4-8H,1H2,2-3H3,(H,13,14). The molecule has 0 fully saturated rings. The molecule has 14 heavy (non-hydrogen) atoms. The Morgan fingerprint density at radius 3 is 2.29 bits per heavy atom. The molecule has 2 nitrogen and oxygen atoms in total. The van der Waals surface area contributed by atoms with Gasteiger partial charge in [-0.25, -0.2) is 0 Å². The predicted octanol–water partition coefficient (Wildman–Crippen LogP) is 2.88. The van der Waals surface area contributed by atoms with E-state index in [0.717, 1.165) is 16.8 Å². The highest BCUT2D eigenvalue weighted by molar-refractivity contribution is 5.88. The molecule has 1 amide bonds. The molecule has 1 aromatic rings. The van der Waals surface area contributed by atoms with Gasteiger partial charge in [0, 0.05) is 12.6 Å². The van der Waals surface area contributed by atoms with Crippen LogP contribution in [0.2, 0.25) is 0 Å². The van der Waals surface area contributed by atoms with Crippen LogP contribution in [0.3, 0.4) is 0 Å². The summed E-state index contributed by atoms with van der Waals surface area (Å²) in [4.78, 5) is 10.8. The first-order chi connectivity index (χ1) is 6.63. The monoisotopic (exact) mass is 188 g/mol. The molecule has 0 saturated carbocycles. The third-order valence-electron chi connectivity index (χ3n) is 1.97. The summed E-state index contributed by atoms with van der Waals surface area (Å²) >= 11 is 0. The van der Waals surface area contributed by atoms with E-state index in [4.69, 9.17) is 0 Å². The van der Waals surface area contributed by atoms with Crippen molar-refractivity contribution in [3.8, 4) is 0 Å². The van der Waals surface area contributed by atoms with Gasteiger partial charge in [-0.15, -0.1) is 0 Å². The SMILES string of the molecule is [CH2]C=C(C)c1ccc(NC(C)=O)cc1. The van der Waals surface area contributed by atoms with Gasteiger partial charge in [0.1, 0.15) is 0 Å². The molecular formula is C12H14NO. The molecule has 73 valence electrons. The summed E-state index contributed by atoms with van der Waals surface area (Å²) in [5.74, 6) is -0.0535. The number of amides is 1. The van der Waals surface area contributed by atoms with Gasteiger partial charge in [0.2, 0.25) is 5.91 Å². The number of allylic oxidation sites excluding steroid dienone is 2. The van der Waals surface area contributed by atoms with E-state index in [-0.39, 0.29) is 5.91 Å². The second-order valence-electron chi connectivity index (χ2n) is 3.15. The molecule has 0 bridgehead atoms. The summed E-state index contributed by atoms with van der Waals surface area (Å²) in [6.07, 6.45) is 1.81. The summed E-state index contributed by atoms with van der Waals surface area (Å²) in [5, 5.41) is 2.71. The van der Waals surface area contributed by atoms with Crippen LogP contribution in [0, 0.1) is 6.92 Å². The van der Waals surface area contributed by atoms with E-state index in [9.17, 15) is 4.79 Å². The molecule has 1 N–H and O–H groups in total. The Morgan fingerprint density at radius 2 is 1.86 bits per heavy atom. The number of anilines is 1. The van der Waals surface area contributed by atoms with Crippen LogP contribution in [0.15, 0.2) is 30.3 Å². The fourth-order valence-corrected chi connectivity index (χ4v) is 1.14. The number of hydrogen-bond acceptors (Lipinski definition) is 1. The van der Waals surface area contributed by atoms with Crippen LogP contribution in [0.25, 0.3) is 5.57 Å². The highest BCUT2D eigenvalue weighted by atomic mass is 16.1. The first-order valence-electron chi connectivity index (χ1n) is 4.47. The van der Waals surface area contributed by atoms with Gasteiger partial charge >= 0.3 is 0 Å². The van der Waals surface area contributed by atoms with Crippen LogP contribution in [0.5, 0.6) is 0 Å². The minimum atomic E-state index is -0.0535. The Bertz CT molecular complexity index is 349. The zero-order chi connectivity index (χ0) is 10.6. The van der Waals surface area contributed by atoms with Crippen LogP contribution < -0.4 is 5.32 Å². The van der Waals surface area contributed by atoms with Gasteiger partial charge in [-0.2, -0.15) is 0 Å². The van der Waals surface area contributed by atoms with Crippen molar-refractivity contribution in [3.05, 3.63) is 42.8 Å². The van der Waals surface area contributed by atoms with Gasteiger partial charge in [-0.3, -0.25) is 4.79 Å². The lowest BCUT2D eigenvalue weighted by molar-refractivity contribution is -0.114. The molecule has 0 unspecified atom stereocenters. The Morgan fingerprint density at radius 1 is 1.29 bits per heavy atom. The van der Waals surface area contributed by atoms with Crippen molar-refractivity contribution >= 4 is 17.2 Å². The van der Waals surface area contributed by atoms with Crippen molar-refractivity contribution in [3.63, 3.8) is 0 Å². The molecule has 1 radical (unpaired) electrons. The molecule has 0 aromatic heterocycles. The van der Waals surface area contributed by atoms with Gasteiger partial charge in [0.05, 0.1) is 0 Å². The van der Waals surface area contributed by atoms with Gasteiger partial charge < -0.3 is 5.32 Å². The van der Waals surface area contributed by atoms with Crippen molar-refractivity contribution in [1.82, 2.24) is 0 Å². The van der Waals surface area contributed by atoms with Gasteiger partial charge in [0.25, 0.3) is 0 Å². The van der Waals surface area contributed by atoms with Crippen molar-refractivity contribution < 1.29 is 4.79 Å². The zero-order valence-corrected chi connectivity index (χ0v) is 8.50. The molecule has 0 spiro atoms. The molecule has 0 aliphatic rings. The second kappa shape index (κ2) is 4.61. The number of hydrogen-bond donors (Lipinski definition) is 1. The lowest BCUT2D eigenvalue weighted by Crippen LogP contribution is -2.05. The molecule has 1 aromatic carbocycles. The van der Waals surface area contributed by atoms with E-state index >= 15 is 0 Å². The van der Waals surface area contributed by atoms with Gasteiger partial charge in [-0.05, 0) is 37.1 Å². The number of carbonyl (C=O) groups is 1. The third kappa shape index (κ3) is 2.73. The highest BCUT2D eigenvalue weighted by Gasteiger charge is 1.96. The van der Waals surface area contributed by atoms with Crippen molar-refractivity contribution in [2.45, 2.75) is 13.8 Å². The molecule has 0 atom stereocenters. The van der Waals surface area contributed by atoms with E-state index in [2.05, 4.69) is 12.2 Å². The van der Waals surface area contributed by atoms with E-state index in [1.165, 1.54) is 6.92 Å². The van der Waals surface area contributed by atoms with Crippen LogP contribution in [0.4, 0.5) is 5.69 Å². The first-order valence-corrected chi connectivity index (χ1v) is 4.47. The second-order valence-corrected chi connectivity index (χ2v) is 3.15. The largest absolute Gasteiger partial charge is 0.326 e. The van der Waals surface area contributed by atoms with Crippen LogP contribution in [-0.4, -0.2) is 5.91 Å². The Hall–Kier alpha value is -1.57. The van der Waals surface area contributed by atoms with E-state index in [1.807, 2.05) is 37.3 Å². The number of rotatable bonds is 2. The summed E-state index contributed by atoms with van der Waals surface area (Å²) < 4.78 is 0. The van der Waals surface area contributed by atoms with Gasteiger partial charge in [0.15, 0.2) is 0 Å². The van der Waals surface area contributed by atoms with Crippen LogP contribution >= 0.6 is 0 Å². The van der Waals surface area contributed by atoms with Gasteiger partial charge in [-0.1, -0.05) is 18.2 Å². The average molecular weight is 188 g/mol. The summed E-state index contributed by atoms with van der Waals surface area (Å²) in [6, 6.07) is 7.68. The maximum atomic E-state index is 10.8. The number of carbonyl (C=O) groups excluding carboxylic acids is 1. The Kier molecular flexibility index (Phi) is 3.46. The van der Waals surface area contributed by atoms with Crippen LogP contribution in [0.1, 0.15) is 19.4 Å². The molecule has 2 heteroatoms. The molecule has 0 heterocycles. The van der Waals surface area contributed by atoms with E-state index in [0.29, 0.717) is 0 Å². The maximum Gasteiger partial charge on any atom is 0.221 e. The third-order valence-corrected chi connectivity index (χ3v) is 1.97. The van der Waals surface area contributed by atoms with Crippen molar-refractivity contribution in [1.29, 1.82) is 0 Å². The minimum Gasteiger partial charge on any atom is -0.326 e. The summed E-state index contributed by atoms with van der Waals surface area (Å²) in [5.41, 5.74) is 3.06. The van der Waals surface area contributed by atoms with E-state index in [1.54, 1.807) is 0 Å². The normalized spacial score (nSPS) is 11.2. The minimum absolute atomic E-state index is 0.0535. The fourth-order valence-electron chi connectivity index (χ4n) is 1.14. The zero-order valence-electron chi connectivity index (χ0n) is 8.50. The highest BCUT2D eigenvalue weighted by Crippen LogP contribution is 2.16. The molecule has 0 saturated heterocycles. The van der Waals surface area contributed by atoms with E-state index < -0.39 is 0 Å². The molecule has 0 aliphatic heterocycles.